The summed E-state index contributed by atoms with van der Waals surface area (Å²) in [5.41, 5.74) is 1.90. The largest absolute Gasteiger partial charge is 0.265 e. The molecule has 6 nitrogen and oxygen atoms in total. The molecule has 2 heterocycles. The van der Waals surface area contributed by atoms with E-state index in [9.17, 15) is 8.42 Å². The van der Waals surface area contributed by atoms with E-state index in [2.05, 4.69) is 19.9 Å². The molecule has 8 heteroatoms. The Kier molecular flexibility index (Phi) is 3.86. The molecule has 3 rings (SSSR count). The van der Waals surface area contributed by atoms with Crippen LogP contribution in [0.25, 0.3) is 11.1 Å². The van der Waals surface area contributed by atoms with Crippen molar-refractivity contribution in [3.05, 3.63) is 53.8 Å². The van der Waals surface area contributed by atoms with Gasteiger partial charge in [0, 0.05) is 12.4 Å². The van der Waals surface area contributed by atoms with E-state index in [0.717, 1.165) is 11.1 Å². The van der Waals surface area contributed by atoms with E-state index >= 15 is 0 Å². The van der Waals surface area contributed by atoms with Crippen LogP contribution in [0.2, 0.25) is 0 Å². The lowest BCUT2D eigenvalue weighted by atomic mass is 10.1. The van der Waals surface area contributed by atoms with Crippen LogP contribution in [-0.4, -0.2) is 23.6 Å². The summed E-state index contributed by atoms with van der Waals surface area (Å²) in [6.45, 7) is 1.76. The Labute approximate surface area is 131 Å². The second-order valence-corrected chi connectivity index (χ2v) is 7.36. The van der Waals surface area contributed by atoms with Gasteiger partial charge >= 0.3 is 0 Å². The Balaban J connectivity index is 1.86. The summed E-state index contributed by atoms with van der Waals surface area (Å²) in [5, 5.41) is 8.51. The molecule has 0 fully saturated rings. The topological polar surface area (TPSA) is 84.8 Å². The molecule has 2 aromatic heterocycles. The number of nitrogens with zero attached hydrogens (tertiary/aromatic N) is 3. The standard InChI is InChI=1S/C14H12N4O2S2/c1-10-16-17-14(21-10)18-22(19,20)13-4-2-11(3-5-13)12-6-8-15-9-7-12/h2-9H,1H3,(H,17,18). The molecule has 0 bridgehead atoms. The third kappa shape index (κ3) is 3.12. The van der Waals surface area contributed by atoms with Crippen LogP contribution in [0.15, 0.2) is 53.7 Å². The van der Waals surface area contributed by atoms with Crippen LogP contribution in [0.5, 0.6) is 0 Å². The summed E-state index contributed by atoms with van der Waals surface area (Å²) in [6, 6.07) is 10.4. The Bertz CT molecular complexity index is 875. The summed E-state index contributed by atoms with van der Waals surface area (Å²) in [4.78, 5) is 4.14. The highest BCUT2D eigenvalue weighted by Crippen LogP contribution is 2.23. The number of aryl methyl sites for hydroxylation is 1. The first-order valence-electron chi connectivity index (χ1n) is 6.38. The predicted molar refractivity (Wildman–Crippen MR) is 85.1 cm³/mol. The van der Waals surface area contributed by atoms with Crippen LogP contribution >= 0.6 is 11.3 Å². The monoisotopic (exact) mass is 332 g/mol. The molecule has 0 unspecified atom stereocenters. The number of nitrogens with one attached hydrogen (secondary N) is 1. The first kappa shape index (κ1) is 14.6. The maximum absolute atomic E-state index is 12.3. The molecule has 3 aromatic rings. The maximum atomic E-state index is 12.3. The molecule has 0 aliphatic rings. The molecule has 22 heavy (non-hydrogen) atoms. The fourth-order valence-corrected chi connectivity index (χ4v) is 3.70. The second-order valence-electron chi connectivity index (χ2n) is 4.49. The molecule has 112 valence electrons. The van der Waals surface area contributed by atoms with Gasteiger partial charge in [0.25, 0.3) is 10.0 Å². The van der Waals surface area contributed by atoms with Crippen molar-refractivity contribution in [2.45, 2.75) is 11.8 Å². The lowest BCUT2D eigenvalue weighted by Gasteiger charge is -2.06. The summed E-state index contributed by atoms with van der Waals surface area (Å²) in [5.74, 6) is 0. The van der Waals surface area contributed by atoms with Crippen molar-refractivity contribution in [2.75, 3.05) is 4.72 Å². The van der Waals surface area contributed by atoms with Crippen LogP contribution in [0.4, 0.5) is 5.13 Å². The van der Waals surface area contributed by atoms with E-state index in [0.29, 0.717) is 5.01 Å². The Morgan fingerprint density at radius 1 is 0.955 bits per heavy atom. The molecule has 0 radical (unpaired) electrons. The van der Waals surface area contributed by atoms with E-state index in [1.165, 1.54) is 11.3 Å². The molecule has 0 amide bonds. The van der Waals surface area contributed by atoms with Crippen LogP contribution < -0.4 is 4.72 Å². The summed E-state index contributed by atoms with van der Waals surface area (Å²) in [6.07, 6.45) is 3.39. The number of benzene rings is 1. The molecular formula is C14H12N4O2S2. The minimum Gasteiger partial charge on any atom is -0.265 e. The van der Waals surface area contributed by atoms with Gasteiger partial charge in [0.1, 0.15) is 5.01 Å². The highest BCUT2D eigenvalue weighted by molar-refractivity contribution is 7.93. The zero-order chi connectivity index (χ0) is 15.6. The molecule has 0 aliphatic heterocycles. The molecule has 1 aromatic carbocycles. The number of anilines is 1. The number of hydrogen-bond donors (Lipinski definition) is 1. The fourth-order valence-electron chi connectivity index (χ4n) is 1.88. The number of rotatable bonds is 4. The van der Waals surface area contributed by atoms with Crippen LogP contribution in [0.1, 0.15) is 5.01 Å². The Morgan fingerprint density at radius 2 is 1.59 bits per heavy atom. The SMILES string of the molecule is Cc1nnc(NS(=O)(=O)c2ccc(-c3ccncc3)cc2)s1. The molecular weight excluding hydrogens is 320 g/mol. The van der Waals surface area contributed by atoms with Crippen molar-refractivity contribution in [3.8, 4) is 11.1 Å². The number of pyridine rings is 1. The number of aromatic nitrogens is 3. The first-order valence-corrected chi connectivity index (χ1v) is 8.68. The molecule has 0 aliphatic carbocycles. The van der Waals surface area contributed by atoms with Crippen molar-refractivity contribution in [3.63, 3.8) is 0 Å². The van der Waals surface area contributed by atoms with Gasteiger partial charge in [-0.05, 0) is 42.3 Å². The number of hydrogen-bond acceptors (Lipinski definition) is 6. The third-order valence-electron chi connectivity index (χ3n) is 2.93. The zero-order valence-electron chi connectivity index (χ0n) is 11.6. The van der Waals surface area contributed by atoms with Crippen LogP contribution in [0.3, 0.4) is 0 Å². The Hall–Kier alpha value is -2.32. The van der Waals surface area contributed by atoms with Gasteiger partial charge in [-0.3, -0.25) is 9.71 Å². The van der Waals surface area contributed by atoms with Gasteiger partial charge in [-0.2, -0.15) is 0 Å². The van der Waals surface area contributed by atoms with E-state index in [1.807, 2.05) is 12.1 Å². The minimum atomic E-state index is -3.65. The first-order chi connectivity index (χ1) is 10.5. The predicted octanol–water partition coefficient (Wildman–Crippen LogP) is 2.71. The average molecular weight is 332 g/mol. The van der Waals surface area contributed by atoms with Crippen molar-refractivity contribution in [1.82, 2.24) is 15.2 Å². The molecule has 0 saturated heterocycles. The summed E-state index contributed by atoms with van der Waals surface area (Å²) in [7, 11) is -3.65. The van der Waals surface area contributed by atoms with E-state index < -0.39 is 10.0 Å². The van der Waals surface area contributed by atoms with Crippen LogP contribution in [-0.2, 0) is 10.0 Å². The normalized spacial score (nSPS) is 11.3. The van der Waals surface area contributed by atoms with Gasteiger partial charge in [0.2, 0.25) is 5.13 Å². The lowest BCUT2D eigenvalue weighted by Crippen LogP contribution is -2.12. The fraction of sp³-hybridized carbons (Fsp3) is 0.0714. The van der Waals surface area contributed by atoms with Crippen LogP contribution in [0, 0.1) is 6.92 Å². The van der Waals surface area contributed by atoms with E-state index in [-0.39, 0.29) is 10.0 Å². The molecule has 0 spiro atoms. The maximum Gasteiger partial charge on any atom is 0.263 e. The molecule has 1 N–H and O–H groups in total. The summed E-state index contributed by atoms with van der Waals surface area (Å²) < 4.78 is 27.0. The van der Waals surface area contributed by atoms with Crippen molar-refractivity contribution < 1.29 is 8.42 Å². The Morgan fingerprint density at radius 3 is 2.18 bits per heavy atom. The lowest BCUT2D eigenvalue weighted by molar-refractivity contribution is 0.601. The third-order valence-corrected chi connectivity index (χ3v) is 5.16. The van der Waals surface area contributed by atoms with Gasteiger partial charge in [-0.1, -0.05) is 23.5 Å². The average Bonchev–Trinajstić information content (AvgIpc) is 2.93. The number of sulfonamides is 1. The van der Waals surface area contributed by atoms with Gasteiger partial charge in [-0.25, -0.2) is 8.42 Å². The van der Waals surface area contributed by atoms with Crippen molar-refractivity contribution >= 4 is 26.5 Å². The zero-order valence-corrected chi connectivity index (χ0v) is 13.2. The van der Waals surface area contributed by atoms with E-state index in [4.69, 9.17) is 0 Å². The smallest absolute Gasteiger partial charge is 0.263 e. The van der Waals surface area contributed by atoms with E-state index in [1.54, 1.807) is 43.6 Å². The quantitative estimate of drug-likeness (QED) is 0.794. The van der Waals surface area contributed by atoms with Gasteiger partial charge < -0.3 is 0 Å². The minimum absolute atomic E-state index is 0.179. The molecule has 0 atom stereocenters. The van der Waals surface area contributed by atoms with Gasteiger partial charge in [-0.15, -0.1) is 10.2 Å². The molecule has 0 saturated carbocycles. The van der Waals surface area contributed by atoms with Crippen molar-refractivity contribution in [1.29, 1.82) is 0 Å². The van der Waals surface area contributed by atoms with Gasteiger partial charge in [0.05, 0.1) is 4.90 Å². The summed E-state index contributed by atoms with van der Waals surface area (Å²) >= 11 is 1.19. The highest BCUT2D eigenvalue weighted by Gasteiger charge is 2.16. The highest BCUT2D eigenvalue weighted by atomic mass is 32.2. The van der Waals surface area contributed by atoms with Crippen molar-refractivity contribution in [2.24, 2.45) is 0 Å². The second kappa shape index (κ2) is 5.82. The van der Waals surface area contributed by atoms with Gasteiger partial charge in [0.15, 0.2) is 0 Å².